The number of nitrogens with zero attached hydrogens (tertiary/aromatic N) is 2. The van der Waals surface area contributed by atoms with Crippen molar-refractivity contribution in [2.24, 2.45) is 4.99 Å². The molecule has 0 aliphatic carbocycles. The Hall–Kier alpha value is -3.27. The molecule has 2 aromatic carbocycles. The molecule has 0 bridgehead atoms. The number of rotatable bonds is 5. The highest BCUT2D eigenvalue weighted by molar-refractivity contribution is 8.14. The van der Waals surface area contributed by atoms with E-state index in [4.69, 9.17) is 14.5 Å². The molecule has 3 rings (SSSR count). The van der Waals surface area contributed by atoms with Crippen LogP contribution in [-0.4, -0.2) is 29.2 Å². The standard InChI is InChI=1S/C23H28N4O5S/c1-13(2)32-15-7-8-20(18(10-15)27(29)30)33-22-24-17-9-14(3)19(31-6)11-16(17)23(4,5)12-21(28)25-26-22/h7-11,13H,12H2,1-6H3,(H,24,26)(H,25,28). The van der Waals surface area contributed by atoms with Crippen LogP contribution in [0.2, 0.25) is 0 Å². The summed E-state index contributed by atoms with van der Waals surface area (Å²) >= 11 is 1.06. The van der Waals surface area contributed by atoms with E-state index in [1.54, 1.807) is 19.2 Å². The number of aliphatic imine (C=N–C) groups is 1. The van der Waals surface area contributed by atoms with Crippen LogP contribution < -0.4 is 20.3 Å². The number of hydrogen-bond donors (Lipinski definition) is 2. The molecule has 1 aliphatic rings. The number of ether oxygens (including phenoxy) is 2. The summed E-state index contributed by atoms with van der Waals surface area (Å²) in [5.41, 5.74) is 7.24. The molecule has 0 fully saturated rings. The summed E-state index contributed by atoms with van der Waals surface area (Å²) in [6, 6.07) is 8.47. The highest BCUT2D eigenvalue weighted by atomic mass is 32.2. The van der Waals surface area contributed by atoms with Crippen LogP contribution in [0.1, 0.15) is 45.2 Å². The molecule has 0 saturated heterocycles. The third-order valence-electron chi connectivity index (χ3n) is 5.08. The second-order valence-electron chi connectivity index (χ2n) is 8.65. The molecular formula is C23H28N4O5S. The molecule has 2 aromatic rings. The Kier molecular flexibility index (Phi) is 7.16. The van der Waals surface area contributed by atoms with Crippen molar-refractivity contribution in [3.8, 4) is 11.5 Å². The number of nitro benzene ring substituents is 1. The van der Waals surface area contributed by atoms with Crippen molar-refractivity contribution >= 4 is 34.2 Å². The van der Waals surface area contributed by atoms with Gasteiger partial charge in [0.1, 0.15) is 11.5 Å². The van der Waals surface area contributed by atoms with E-state index in [2.05, 4.69) is 10.9 Å². The van der Waals surface area contributed by atoms with E-state index in [0.29, 0.717) is 27.2 Å². The first-order chi connectivity index (χ1) is 15.5. The Bertz CT molecular complexity index is 1110. The van der Waals surface area contributed by atoms with E-state index in [9.17, 15) is 14.9 Å². The van der Waals surface area contributed by atoms with E-state index < -0.39 is 10.3 Å². The zero-order chi connectivity index (χ0) is 24.3. The minimum absolute atomic E-state index is 0.111. The smallest absolute Gasteiger partial charge is 0.287 e. The van der Waals surface area contributed by atoms with E-state index in [0.717, 1.165) is 22.9 Å². The average molecular weight is 473 g/mol. The summed E-state index contributed by atoms with van der Waals surface area (Å²) in [6.07, 6.45) is 0.104. The van der Waals surface area contributed by atoms with Crippen molar-refractivity contribution in [2.45, 2.75) is 57.5 Å². The van der Waals surface area contributed by atoms with Crippen molar-refractivity contribution in [3.63, 3.8) is 0 Å². The van der Waals surface area contributed by atoms with Crippen molar-refractivity contribution in [1.82, 2.24) is 10.9 Å². The summed E-state index contributed by atoms with van der Waals surface area (Å²) in [4.78, 5) is 28.9. The van der Waals surface area contributed by atoms with Gasteiger partial charge in [0.05, 0.1) is 34.8 Å². The molecule has 0 radical (unpaired) electrons. The Balaban J connectivity index is 2.09. The van der Waals surface area contributed by atoms with Crippen molar-refractivity contribution in [2.75, 3.05) is 7.11 Å². The Morgan fingerprint density at radius 3 is 2.58 bits per heavy atom. The maximum Gasteiger partial charge on any atom is 0.287 e. The number of carbonyl (C=O) groups is 1. The lowest BCUT2D eigenvalue weighted by molar-refractivity contribution is -0.387. The van der Waals surface area contributed by atoms with E-state index in [-0.39, 0.29) is 24.1 Å². The molecule has 10 heteroatoms. The van der Waals surface area contributed by atoms with Gasteiger partial charge in [0.15, 0.2) is 5.17 Å². The Morgan fingerprint density at radius 1 is 1.21 bits per heavy atom. The molecule has 1 aliphatic heterocycles. The summed E-state index contributed by atoms with van der Waals surface area (Å²) < 4.78 is 11.1. The molecule has 33 heavy (non-hydrogen) atoms. The van der Waals surface area contributed by atoms with Crippen LogP contribution >= 0.6 is 11.8 Å². The van der Waals surface area contributed by atoms with Crippen molar-refractivity contribution in [3.05, 3.63) is 51.6 Å². The zero-order valence-corrected chi connectivity index (χ0v) is 20.3. The number of hydrazine groups is 1. The second kappa shape index (κ2) is 9.70. The van der Waals surface area contributed by atoms with Gasteiger partial charge in [0.25, 0.3) is 5.69 Å². The summed E-state index contributed by atoms with van der Waals surface area (Å²) in [5.74, 6) is 0.889. The van der Waals surface area contributed by atoms with Crippen LogP contribution in [0.5, 0.6) is 11.5 Å². The lowest BCUT2D eigenvalue weighted by atomic mass is 9.80. The van der Waals surface area contributed by atoms with Crippen molar-refractivity contribution < 1.29 is 19.2 Å². The molecule has 1 heterocycles. The fourth-order valence-corrected chi connectivity index (χ4v) is 4.38. The number of carbonyl (C=O) groups excluding carboxylic acids is 1. The Labute approximate surface area is 197 Å². The molecule has 0 atom stereocenters. The minimum Gasteiger partial charge on any atom is -0.496 e. The topological polar surface area (TPSA) is 115 Å². The highest BCUT2D eigenvalue weighted by Gasteiger charge is 2.30. The predicted octanol–water partition coefficient (Wildman–Crippen LogP) is 4.78. The van der Waals surface area contributed by atoms with E-state index in [1.807, 2.05) is 46.8 Å². The quantitative estimate of drug-likeness (QED) is 0.475. The third-order valence-corrected chi connectivity index (χ3v) is 6.03. The first kappa shape index (κ1) is 24.4. The summed E-state index contributed by atoms with van der Waals surface area (Å²) in [5, 5.41) is 12.0. The van der Waals surface area contributed by atoms with Gasteiger partial charge in [0, 0.05) is 11.8 Å². The number of amides is 1. The lowest BCUT2D eigenvalue weighted by Crippen LogP contribution is -2.41. The molecule has 9 nitrogen and oxygen atoms in total. The summed E-state index contributed by atoms with van der Waals surface area (Å²) in [6.45, 7) is 9.54. The van der Waals surface area contributed by atoms with Gasteiger partial charge in [-0.15, -0.1) is 0 Å². The van der Waals surface area contributed by atoms with Crippen LogP contribution in [0.4, 0.5) is 11.4 Å². The first-order valence-electron chi connectivity index (χ1n) is 10.5. The number of benzene rings is 2. The molecular weight excluding hydrogens is 444 g/mol. The third kappa shape index (κ3) is 5.75. The average Bonchev–Trinajstić information content (AvgIpc) is 2.75. The minimum atomic E-state index is -0.520. The molecule has 176 valence electrons. The molecule has 2 N–H and O–H groups in total. The summed E-state index contributed by atoms with van der Waals surface area (Å²) in [7, 11) is 1.60. The predicted molar refractivity (Wildman–Crippen MR) is 128 cm³/mol. The van der Waals surface area contributed by atoms with Gasteiger partial charge in [0.2, 0.25) is 5.91 Å². The van der Waals surface area contributed by atoms with Crippen LogP contribution in [0, 0.1) is 17.0 Å². The number of amidine groups is 1. The molecule has 0 aromatic heterocycles. The number of methoxy groups -OCH3 is 1. The number of fused-ring (bicyclic) bond motifs is 1. The molecule has 0 saturated carbocycles. The number of nitro groups is 1. The number of nitrogens with one attached hydrogen (secondary N) is 2. The van der Waals surface area contributed by atoms with Gasteiger partial charge < -0.3 is 9.47 Å². The molecule has 1 amide bonds. The van der Waals surface area contributed by atoms with Crippen LogP contribution in [0.15, 0.2) is 40.2 Å². The molecule has 0 unspecified atom stereocenters. The van der Waals surface area contributed by atoms with Gasteiger partial charge >= 0.3 is 0 Å². The van der Waals surface area contributed by atoms with E-state index >= 15 is 0 Å². The lowest BCUT2D eigenvalue weighted by Gasteiger charge is -2.26. The number of thioether (sulfide) groups is 1. The maximum absolute atomic E-state index is 12.6. The first-order valence-corrected chi connectivity index (χ1v) is 11.3. The van der Waals surface area contributed by atoms with Gasteiger partial charge in [-0.3, -0.25) is 25.8 Å². The van der Waals surface area contributed by atoms with Crippen molar-refractivity contribution in [1.29, 1.82) is 0 Å². The highest BCUT2D eigenvalue weighted by Crippen LogP contribution is 2.40. The second-order valence-corrected chi connectivity index (χ2v) is 9.68. The fourth-order valence-electron chi connectivity index (χ4n) is 3.55. The molecule has 0 spiro atoms. The SMILES string of the molecule is COc1cc2c(cc1C)N=C(Sc1ccc(OC(C)C)cc1[N+](=O)[O-])NNC(=O)CC2(C)C. The zero-order valence-electron chi connectivity index (χ0n) is 19.5. The van der Waals surface area contributed by atoms with Crippen LogP contribution in [-0.2, 0) is 10.2 Å². The number of hydrogen-bond acceptors (Lipinski definition) is 8. The normalized spacial score (nSPS) is 15.2. The van der Waals surface area contributed by atoms with Gasteiger partial charge in [-0.25, -0.2) is 4.99 Å². The van der Waals surface area contributed by atoms with Gasteiger partial charge in [-0.05, 0) is 67.9 Å². The fraction of sp³-hybridized carbons (Fsp3) is 0.391. The monoisotopic (exact) mass is 472 g/mol. The largest absolute Gasteiger partial charge is 0.496 e. The van der Waals surface area contributed by atoms with Gasteiger partial charge in [-0.2, -0.15) is 0 Å². The van der Waals surface area contributed by atoms with Crippen LogP contribution in [0.3, 0.4) is 0 Å². The van der Waals surface area contributed by atoms with E-state index in [1.165, 1.54) is 6.07 Å². The number of aryl methyl sites for hydroxylation is 1. The van der Waals surface area contributed by atoms with Gasteiger partial charge in [-0.1, -0.05) is 13.8 Å². The maximum atomic E-state index is 12.6. The van der Waals surface area contributed by atoms with Crippen LogP contribution in [0.25, 0.3) is 0 Å². The Morgan fingerprint density at radius 2 is 1.94 bits per heavy atom.